The predicted molar refractivity (Wildman–Crippen MR) is 140 cm³/mol. The summed E-state index contributed by atoms with van der Waals surface area (Å²) in [5.41, 5.74) is 2.30. The molecule has 3 aromatic rings. The lowest BCUT2D eigenvalue weighted by Crippen LogP contribution is -2.36. The number of hydrogen-bond donors (Lipinski definition) is 0. The second-order valence-corrected chi connectivity index (χ2v) is 12.2. The fourth-order valence-corrected chi connectivity index (χ4v) is 7.23. The quantitative estimate of drug-likeness (QED) is 0.272. The number of thiophene rings is 1. The van der Waals surface area contributed by atoms with Crippen LogP contribution < -0.4 is 4.74 Å². The van der Waals surface area contributed by atoms with Gasteiger partial charge in [0.05, 0.1) is 18.7 Å². The lowest BCUT2D eigenvalue weighted by atomic mass is 9.90. The van der Waals surface area contributed by atoms with Crippen LogP contribution in [-0.4, -0.2) is 48.7 Å². The van der Waals surface area contributed by atoms with Crippen LogP contribution in [-0.2, 0) is 26.1 Å². The first kappa shape index (κ1) is 27.9. The highest BCUT2D eigenvalue weighted by Crippen LogP contribution is 2.38. The van der Waals surface area contributed by atoms with Crippen LogP contribution in [0.5, 0.6) is 5.75 Å². The van der Waals surface area contributed by atoms with Crippen LogP contribution in [0.4, 0.5) is 4.39 Å². The molecule has 38 heavy (non-hydrogen) atoms. The van der Waals surface area contributed by atoms with Gasteiger partial charge in [0.25, 0.3) is 6.47 Å². The number of carbonyl (C=O) groups is 2. The van der Waals surface area contributed by atoms with Crippen molar-refractivity contribution in [1.29, 1.82) is 0 Å². The number of aromatic nitrogens is 1. The topological polar surface area (TPSA) is 103 Å². The van der Waals surface area contributed by atoms with Crippen molar-refractivity contribution >= 4 is 33.6 Å². The summed E-state index contributed by atoms with van der Waals surface area (Å²) in [6.45, 7) is 7.37. The molecular formula is C27H29FN2O6S2. The first-order valence-corrected chi connectivity index (χ1v) is 14.4. The molecule has 2 aromatic heterocycles. The van der Waals surface area contributed by atoms with Gasteiger partial charge in [-0.15, -0.1) is 11.3 Å². The monoisotopic (exact) mass is 560 g/mol. The number of ether oxygens (including phenoxy) is 2. The lowest BCUT2D eigenvalue weighted by molar-refractivity contribution is -0.133. The van der Waals surface area contributed by atoms with E-state index >= 15 is 0 Å². The van der Waals surface area contributed by atoms with Crippen LogP contribution in [0.2, 0.25) is 0 Å². The van der Waals surface area contributed by atoms with Crippen molar-refractivity contribution in [2.45, 2.75) is 63.7 Å². The number of aryl methyl sites for hydroxylation is 1. The molecule has 1 aliphatic rings. The number of rotatable bonds is 9. The Balaban J connectivity index is 1.76. The predicted octanol–water partition coefficient (Wildman–Crippen LogP) is 4.85. The van der Waals surface area contributed by atoms with Crippen LogP contribution in [0.25, 0.3) is 0 Å². The number of carbonyl (C=O) groups excluding carboxylic acids is 2. The second kappa shape index (κ2) is 11.3. The minimum Gasteiger partial charge on any atom is -0.488 e. The SMILES string of the molecule is CC[C@@H]1CN(Cc2cc(C(c3cc(F)c(C(C)=O)s3)C(C)OC=O)ccc2C)S(=O)(=O)c2cnccc2O1. The van der Waals surface area contributed by atoms with Gasteiger partial charge in [-0.3, -0.25) is 14.6 Å². The smallest absolute Gasteiger partial charge is 0.293 e. The zero-order valence-electron chi connectivity index (χ0n) is 21.5. The fourth-order valence-electron chi connectivity index (χ4n) is 4.56. The van der Waals surface area contributed by atoms with Gasteiger partial charge >= 0.3 is 0 Å². The van der Waals surface area contributed by atoms with Crippen molar-refractivity contribution in [3.63, 3.8) is 0 Å². The Hall–Kier alpha value is -3.15. The molecule has 0 saturated heterocycles. The van der Waals surface area contributed by atoms with E-state index < -0.39 is 27.9 Å². The van der Waals surface area contributed by atoms with Crippen molar-refractivity contribution < 1.29 is 31.9 Å². The zero-order chi connectivity index (χ0) is 27.6. The Morgan fingerprint density at radius 1 is 1.34 bits per heavy atom. The number of pyridine rings is 1. The first-order valence-electron chi connectivity index (χ1n) is 12.2. The molecule has 0 saturated carbocycles. The van der Waals surface area contributed by atoms with Gasteiger partial charge in [-0.25, -0.2) is 12.8 Å². The minimum atomic E-state index is -3.91. The van der Waals surface area contributed by atoms with E-state index in [4.69, 9.17) is 9.47 Å². The Kier molecular flexibility index (Phi) is 8.29. The number of sulfonamides is 1. The second-order valence-electron chi connectivity index (χ2n) is 9.25. The van der Waals surface area contributed by atoms with Crippen molar-refractivity contribution in [2.75, 3.05) is 6.54 Å². The zero-order valence-corrected chi connectivity index (χ0v) is 23.1. The molecule has 0 amide bonds. The highest BCUT2D eigenvalue weighted by atomic mass is 32.2. The average Bonchev–Trinajstić information content (AvgIpc) is 3.21. The first-order chi connectivity index (χ1) is 18.1. The van der Waals surface area contributed by atoms with Crippen LogP contribution in [0.1, 0.15) is 64.3 Å². The number of halogens is 1. The van der Waals surface area contributed by atoms with Gasteiger partial charge in [0.15, 0.2) is 5.78 Å². The number of ketones is 1. The van der Waals surface area contributed by atoms with Gasteiger partial charge in [0.1, 0.15) is 33.5 Å². The normalized spacial score (nSPS) is 18.5. The van der Waals surface area contributed by atoms with Crippen molar-refractivity contribution in [2.24, 2.45) is 0 Å². The van der Waals surface area contributed by atoms with Crippen LogP contribution in [0.3, 0.4) is 0 Å². The van der Waals surface area contributed by atoms with Crippen molar-refractivity contribution in [3.8, 4) is 5.75 Å². The highest BCUT2D eigenvalue weighted by molar-refractivity contribution is 7.89. The molecule has 0 N–H and O–H groups in total. The van der Waals surface area contributed by atoms with Gasteiger partial charge in [-0.2, -0.15) is 4.31 Å². The fraction of sp³-hybridized carbons (Fsp3) is 0.370. The van der Waals surface area contributed by atoms with E-state index in [1.807, 2.05) is 32.0 Å². The van der Waals surface area contributed by atoms with Crippen molar-refractivity contribution in [3.05, 3.63) is 75.0 Å². The molecule has 0 aliphatic carbocycles. The molecule has 0 spiro atoms. The molecule has 202 valence electrons. The molecule has 1 aliphatic heterocycles. The Bertz CT molecular complexity index is 1460. The molecule has 3 heterocycles. The van der Waals surface area contributed by atoms with Gasteiger partial charge in [0, 0.05) is 24.5 Å². The summed E-state index contributed by atoms with van der Waals surface area (Å²) >= 11 is 1.02. The summed E-state index contributed by atoms with van der Waals surface area (Å²) in [7, 11) is -3.91. The Morgan fingerprint density at radius 2 is 2.11 bits per heavy atom. The van der Waals surface area contributed by atoms with Gasteiger partial charge in [-0.1, -0.05) is 25.1 Å². The third-order valence-electron chi connectivity index (χ3n) is 6.67. The average molecular weight is 561 g/mol. The summed E-state index contributed by atoms with van der Waals surface area (Å²) in [5.74, 6) is -1.30. The maximum absolute atomic E-state index is 14.5. The van der Waals surface area contributed by atoms with E-state index in [0.717, 1.165) is 22.5 Å². The molecule has 1 aromatic carbocycles. The molecule has 0 bridgehead atoms. The number of benzene rings is 1. The van der Waals surface area contributed by atoms with Crippen LogP contribution in [0, 0.1) is 12.7 Å². The molecule has 3 atom stereocenters. The van der Waals surface area contributed by atoms with E-state index in [9.17, 15) is 22.4 Å². The largest absolute Gasteiger partial charge is 0.488 e. The maximum atomic E-state index is 14.5. The van der Waals surface area contributed by atoms with Gasteiger partial charge < -0.3 is 9.47 Å². The number of nitrogens with zero attached hydrogens (tertiary/aromatic N) is 2. The summed E-state index contributed by atoms with van der Waals surface area (Å²) < 4.78 is 54.4. The van der Waals surface area contributed by atoms with E-state index in [1.165, 1.54) is 29.7 Å². The molecular weight excluding hydrogens is 531 g/mol. The Labute approximate surface area is 225 Å². The van der Waals surface area contributed by atoms with Crippen LogP contribution >= 0.6 is 11.3 Å². The summed E-state index contributed by atoms with van der Waals surface area (Å²) in [5, 5.41) is 0. The lowest BCUT2D eigenvalue weighted by Gasteiger charge is -2.26. The van der Waals surface area contributed by atoms with E-state index in [1.54, 1.807) is 13.0 Å². The van der Waals surface area contributed by atoms with Crippen LogP contribution in [0.15, 0.2) is 47.6 Å². The summed E-state index contributed by atoms with van der Waals surface area (Å²) in [6.07, 6.45) is 2.39. The molecule has 11 heteroatoms. The molecule has 0 fully saturated rings. The number of fused-ring (bicyclic) bond motifs is 1. The molecule has 0 radical (unpaired) electrons. The number of Topliss-reactive ketones (excluding diaryl/α,β-unsaturated/α-hetero) is 1. The third-order valence-corrected chi connectivity index (χ3v) is 9.79. The van der Waals surface area contributed by atoms with Gasteiger partial charge in [-0.05, 0) is 49.1 Å². The summed E-state index contributed by atoms with van der Waals surface area (Å²) in [6, 6.07) is 8.40. The van der Waals surface area contributed by atoms with E-state index in [2.05, 4.69) is 4.98 Å². The highest BCUT2D eigenvalue weighted by Gasteiger charge is 2.35. The number of hydrogen-bond acceptors (Lipinski definition) is 8. The summed E-state index contributed by atoms with van der Waals surface area (Å²) in [4.78, 5) is 27.6. The van der Waals surface area contributed by atoms with E-state index in [-0.39, 0.29) is 40.5 Å². The van der Waals surface area contributed by atoms with Crippen molar-refractivity contribution in [1.82, 2.24) is 9.29 Å². The van der Waals surface area contributed by atoms with E-state index in [0.29, 0.717) is 23.3 Å². The standard InChI is InChI=1S/C27H29FN2O6S2/c1-5-21-14-30(38(33,34)25-12-29-9-8-23(25)36-21)13-20-10-19(7-6-16(20)2)26(18(4)35-15-31)24-11-22(28)27(37-24)17(3)32/h6-12,15,18,21,26H,5,13-14H2,1-4H3/t18?,21-,26?/m1/s1. The molecule has 4 rings (SSSR count). The molecule has 2 unspecified atom stereocenters. The third kappa shape index (κ3) is 5.50. The Morgan fingerprint density at radius 3 is 2.76 bits per heavy atom. The van der Waals surface area contributed by atoms with Gasteiger partial charge in [0.2, 0.25) is 10.0 Å². The maximum Gasteiger partial charge on any atom is 0.293 e. The minimum absolute atomic E-state index is 0.00387. The molecule has 8 nitrogen and oxygen atoms in total.